The number of carbonyl (C=O) groups is 4. The van der Waals surface area contributed by atoms with Crippen LogP contribution in [-0.4, -0.2) is 98.4 Å². The Morgan fingerprint density at radius 3 is 1.95 bits per heavy atom. The Morgan fingerprint density at radius 1 is 0.878 bits per heavy atom. The Labute approximate surface area is 241 Å². The molecule has 7 N–H and O–H groups in total. The van der Waals surface area contributed by atoms with E-state index in [0.717, 1.165) is 22.9 Å². The number of aliphatic hydroxyl groups is 3. The molecule has 0 aliphatic carbocycles. The molecule has 0 saturated carbocycles. The largest absolute Gasteiger partial charge is 0.480 e. The highest BCUT2D eigenvalue weighted by atomic mass is 32.2. The number of benzene rings is 2. The van der Waals surface area contributed by atoms with E-state index in [2.05, 4.69) is 16.0 Å². The Morgan fingerprint density at radius 2 is 1.44 bits per heavy atom. The first kappa shape index (κ1) is 32.0. The molecule has 222 valence electrons. The predicted octanol–water partition coefficient (Wildman–Crippen LogP) is -0.797. The molecule has 1 aliphatic rings. The van der Waals surface area contributed by atoms with Crippen molar-refractivity contribution >= 4 is 35.5 Å². The number of nitrogens with one attached hydrogen (secondary N) is 3. The molecule has 3 amide bonds. The summed E-state index contributed by atoms with van der Waals surface area (Å²) in [5.74, 6) is -3.26. The van der Waals surface area contributed by atoms with Crippen LogP contribution in [-0.2, 0) is 36.8 Å². The molecule has 0 unspecified atom stereocenters. The number of hydrogen-bond acceptors (Lipinski definition) is 9. The number of carbonyl (C=O) groups excluding carboxylic acids is 3. The van der Waals surface area contributed by atoms with Gasteiger partial charge in [-0.05, 0) is 11.1 Å². The number of carboxylic acid groups (broad SMARTS) is 1. The van der Waals surface area contributed by atoms with Gasteiger partial charge in [-0.15, -0.1) is 11.8 Å². The first-order valence-corrected chi connectivity index (χ1v) is 14.1. The zero-order chi connectivity index (χ0) is 29.9. The van der Waals surface area contributed by atoms with E-state index in [-0.39, 0.29) is 18.6 Å². The molecule has 7 atom stereocenters. The van der Waals surface area contributed by atoms with Crippen LogP contribution in [0.15, 0.2) is 60.7 Å². The van der Waals surface area contributed by atoms with Gasteiger partial charge in [-0.25, -0.2) is 4.79 Å². The molecule has 2 aromatic rings. The molecule has 2 aromatic carbocycles. The van der Waals surface area contributed by atoms with Gasteiger partial charge in [-0.3, -0.25) is 14.4 Å². The van der Waals surface area contributed by atoms with Crippen molar-refractivity contribution in [2.45, 2.75) is 61.6 Å². The van der Waals surface area contributed by atoms with Gasteiger partial charge in [0.1, 0.15) is 35.8 Å². The van der Waals surface area contributed by atoms with Crippen LogP contribution >= 0.6 is 11.8 Å². The number of rotatable bonds is 13. The quantitative estimate of drug-likeness (QED) is 0.156. The third-order valence-electron chi connectivity index (χ3n) is 6.46. The third-order valence-corrected chi connectivity index (χ3v) is 7.62. The van der Waals surface area contributed by atoms with Gasteiger partial charge in [0.25, 0.3) is 0 Å². The number of ether oxygens (including phenoxy) is 1. The summed E-state index contributed by atoms with van der Waals surface area (Å²) in [5, 5.41) is 47.6. The highest BCUT2D eigenvalue weighted by Crippen LogP contribution is 2.28. The number of carboxylic acids is 1. The van der Waals surface area contributed by atoms with Gasteiger partial charge in [0.05, 0.1) is 18.4 Å². The second-order valence-corrected chi connectivity index (χ2v) is 10.7. The van der Waals surface area contributed by atoms with Crippen LogP contribution in [0.5, 0.6) is 0 Å². The first-order valence-electron chi connectivity index (χ1n) is 13.0. The normalized spacial score (nSPS) is 23.6. The number of aliphatic hydroxyl groups excluding tert-OH is 3. The monoisotopic (exact) mass is 589 g/mol. The number of hydrogen-bond donors (Lipinski definition) is 7. The standard InChI is InChI=1S/C28H35N3O9S/c1-16(33)29-23-25(36)24(35)21(14-32)40-28(23)41-15-22(34)30-19(12-17-8-4-2-5-9-17)26(37)31-20(27(38)39)13-18-10-6-3-7-11-18/h2-11,19-21,23-25,28,32,35-36H,12-15H2,1H3,(H,29,33)(H,30,34)(H,31,37)(H,38,39)/t19-,20-,21+,23+,24+,25+,28+/m0/s1. The van der Waals surface area contributed by atoms with E-state index in [1.807, 2.05) is 0 Å². The highest BCUT2D eigenvalue weighted by Gasteiger charge is 2.45. The van der Waals surface area contributed by atoms with Crippen molar-refractivity contribution in [3.05, 3.63) is 71.8 Å². The maximum atomic E-state index is 13.3. The maximum Gasteiger partial charge on any atom is 0.326 e. The SMILES string of the molecule is CC(=O)N[C@@H]1[C@@H](O)[C@H](O)[C@@H](CO)O[C@@H]1SCC(=O)N[C@@H](Cc1ccccc1)C(=O)N[C@@H](Cc1ccccc1)C(=O)O. The van der Waals surface area contributed by atoms with E-state index in [9.17, 15) is 39.6 Å². The first-order chi connectivity index (χ1) is 19.6. The number of aliphatic carboxylic acids is 1. The summed E-state index contributed by atoms with van der Waals surface area (Å²) >= 11 is 0.904. The lowest BCUT2D eigenvalue weighted by atomic mass is 9.98. The summed E-state index contributed by atoms with van der Waals surface area (Å²) in [5.41, 5.74) is 0.457. The Bertz CT molecular complexity index is 1170. The average molecular weight is 590 g/mol. The van der Waals surface area contributed by atoms with Gasteiger partial charge >= 0.3 is 5.97 Å². The van der Waals surface area contributed by atoms with Crippen molar-refractivity contribution in [1.29, 1.82) is 0 Å². The zero-order valence-electron chi connectivity index (χ0n) is 22.4. The maximum absolute atomic E-state index is 13.3. The Kier molecular flexibility index (Phi) is 12.1. The second-order valence-electron chi connectivity index (χ2n) is 9.64. The van der Waals surface area contributed by atoms with Crippen molar-refractivity contribution in [3.63, 3.8) is 0 Å². The molecule has 1 aliphatic heterocycles. The lowest BCUT2D eigenvalue weighted by molar-refractivity contribution is -0.173. The van der Waals surface area contributed by atoms with Gasteiger partial charge in [-0.2, -0.15) is 0 Å². The lowest BCUT2D eigenvalue weighted by Crippen LogP contribution is -2.63. The van der Waals surface area contributed by atoms with Crippen LogP contribution < -0.4 is 16.0 Å². The number of amides is 3. The highest BCUT2D eigenvalue weighted by molar-refractivity contribution is 8.00. The van der Waals surface area contributed by atoms with Crippen LogP contribution in [0.2, 0.25) is 0 Å². The average Bonchev–Trinajstić information content (AvgIpc) is 2.95. The minimum absolute atomic E-state index is 0.0491. The predicted molar refractivity (Wildman–Crippen MR) is 150 cm³/mol. The van der Waals surface area contributed by atoms with E-state index in [1.54, 1.807) is 60.7 Å². The van der Waals surface area contributed by atoms with Crippen LogP contribution in [0.4, 0.5) is 0 Å². The fraction of sp³-hybridized carbons (Fsp3) is 0.429. The molecule has 3 rings (SSSR count). The molecule has 41 heavy (non-hydrogen) atoms. The molecular formula is C28H35N3O9S. The molecule has 0 radical (unpaired) electrons. The Balaban J connectivity index is 1.70. The second kappa shape index (κ2) is 15.5. The van der Waals surface area contributed by atoms with E-state index < -0.39 is 72.2 Å². The summed E-state index contributed by atoms with van der Waals surface area (Å²) in [6.07, 6.45) is -3.91. The Hall–Kier alpha value is -3.49. The summed E-state index contributed by atoms with van der Waals surface area (Å²) in [7, 11) is 0. The molecule has 13 heteroatoms. The van der Waals surface area contributed by atoms with Crippen LogP contribution in [0.1, 0.15) is 18.1 Å². The minimum atomic E-state index is -1.46. The van der Waals surface area contributed by atoms with Crippen LogP contribution in [0.25, 0.3) is 0 Å². The van der Waals surface area contributed by atoms with E-state index in [1.165, 1.54) is 6.92 Å². The third kappa shape index (κ3) is 9.54. The van der Waals surface area contributed by atoms with Gasteiger partial charge in [0.15, 0.2) is 0 Å². The topological polar surface area (TPSA) is 195 Å². The van der Waals surface area contributed by atoms with Crippen LogP contribution in [0, 0.1) is 0 Å². The number of thioether (sulfide) groups is 1. The minimum Gasteiger partial charge on any atom is -0.480 e. The lowest BCUT2D eigenvalue weighted by Gasteiger charge is -2.42. The van der Waals surface area contributed by atoms with E-state index in [4.69, 9.17) is 4.74 Å². The van der Waals surface area contributed by atoms with Crippen molar-refractivity contribution in [3.8, 4) is 0 Å². The molecule has 1 heterocycles. The summed E-state index contributed by atoms with van der Waals surface area (Å²) < 4.78 is 5.63. The molecule has 0 aromatic heterocycles. The van der Waals surface area contributed by atoms with E-state index >= 15 is 0 Å². The summed E-state index contributed by atoms with van der Waals surface area (Å²) in [6.45, 7) is 0.627. The molecule has 1 fully saturated rings. The summed E-state index contributed by atoms with van der Waals surface area (Å²) in [4.78, 5) is 49.8. The fourth-order valence-electron chi connectivity index (χ4n) is 4.39. The van der Waals surface area contributed by atoms with E-state index in [0.29, 0.717) is 0 Å². The van der Waals surface area contributed by atoms with Crippen molar-refractivity contribution in [2.75, 3.05) is 12.4 Å². The van der Waals surface area contributed by atoms with Crippen molar-refractivity contribution in [2.24, 2.45) is 0 Å². The molecule has 0 bridgehead atoms. The molecule has 12 nitrogen and oxygen atoms in total. The summed E-state index contributed by atoms with van der Waals surface area (Å²) in [6, 6.07) is 14.3. The smallest absolute Gasteiger partial charge is 0.326 e. The molecule has 1 saturated heterocycles. The zero-order valence-corrected chi connectivity index (χ0v) is 23.2. The fourth-order valence-corrected chi connectivity index (χ4v) is 5.44. The van der Waals surface area contributed by atoms with Gasteiger partial charge < -0.3 is 41.1 Å². The molecule has 0 spiro atoms. The van der Waals surface area contributed by atoms with Gasteiger partial charge in [0.2, 0.25) is 17.7 Å². The van der Waals surface area contributed by atoms with Crippen LogP contribution in [0.3, 0.4) is 0 Å². The van der Waals surface area contributed by atoms with Gasteiger partial charge in [0, 0.05) is 19.8 Å². The van der Waals surface area contributed by atoms with Gasteiger partial charge in [-0.1, -0.05) is 60.7 Å². The van der Waals surface area contributed by atoms with Crippen molar-refractivity contribution in [1.82, 2.24) is 16.0 Å². The molecular weight excluding hydrogens is 554 g/mol. The van der Waals surface area contributed by atoms with Crippen molar-refractivity contribution < 1.29 is 44.3 Å².